The number of amides is 1. The maximum absolute atomic E-state index is 11.7. The first-order chi connectivity index (χ1) is 7.13. The summed E-state index contributed by atoms with van der Waals surface area (Å²) >= 11 is 0. The van der Waals surface area contributed by atoms with E-state index in [-0.39, 0.29) is 0 Å². The lowest BCUT2D eigenvalue weighted by molar-refractivity contribution is -0.163. The summed E-state index contributed by atoms with van der Waals surface area (Å²) in [5.41, 5.74) is 0. The smallest absolute Gasteiger partial charge is 0.422 e. The van der Waals surface area contributed by atoms with Gasteiger partial charge in [-0.2, -0.15) is 13.2 Å². The van der Waals surface area contributed by atoms with Gasteiger partial charge >= 0.3 is 18.2 Å². The van der Waals surface area contributed by atoms with Gasteiger partial charge in [-0.3, -0.25) is 9.69 Å². The summed E-state index contributed by atoms with van der Waals surface area (Å²) in [5, 5.41) is 8.44. The molecule has 0 aromatic heterocycles. The fourth-order valence-corrected chi connectivity index (χ4v) is 0.830. The molecule has 0 bridgehead atoms. The first-order valence-electron chi connectivity index (χ1n) is 4.35. The zero-order chi connectivity index (χ0) is 12.9. The van der Waals surface area contributed by atoms with E-state index in [4.69, 9.17) is 5.11 Å². The maximum atomic E-state index is 11.7. The third kappa shape index (κ3) is 6.10. The number of ether oxygens (including phenoxy) is 1. The monoisotopic (exact) mass is 243 g/mol. The molecule has 0 aliphatic carbocycles. The van der Waals surface area contributed by atoms with Crippen molar-refractivity contribution in [1.82, 2.24) is 4.90 Å². The Morgan fingerprint density at radius 3 is 2.19 bits per heavy atom. The number of rotatable bonds is 4. The van der Waals surface area contributed by atoms with Crippen LogP contribution in [0.1, 0.15) is 13.8 Å². The quantitative estimate of drug-likeness (QED) is 0.812. The number of carbonyl (C=O) groups excluding carboxylic acids is 1. The number of alkyl halides is 3. The van der Waals surface area contributed by atoms with Gasteiger partial charge in [-0.15, -0.1) is 0 Å². The van der Waals surface area contributed by atoms with Crippen LogP contribution in [0.25, 0.3) is 0 Å². The normalized spacial score (nSPS) is 11.4. The number of halogens is 3. The second-order valence-electron chi connectivity index (χ2n) is 3.29. The largest absolute Gasteiger partial charge is 0.480 e. The van der Waals surface area contributed by atoms with E-state index in [0.29, 0.717) is 4.90 Å². The van der Waals surface area contributed by atoms with Crippen molar-refractivity contribution in [3.63, 3.8) is 0 Å². The summed E-state index contributed by atoms with van der Waals surface area (Å²) in [5.74, 6) is -1.32. The van der Waals surface area contributed by atoms with Crippen molar-refractivity contribution in [3.8, 4) is 0 Å². The molecule has 1 N–H and O–H groups in total. The van der Waals surface area contributed by atoms with Crippen LogP contribution in [-0.2, 0) is 9.53 Å². The molecule has 0 saturated heterocycles. The Morgan fingerprint density at radius 1 is 1.38 bits per heavy atom. The van der Waals surface area contributed by atoms with Gasteiger partial charge in [0.25, 0.3) is 0 Å². The lowest BCUT2D eigenvalue weighted by atomic mass is 10.3. The third-order valence-electron chi connectivity index (χ3n) is 1.52. The van der Waals surface area contributed by atoms with Crippen LogP contribution in [-0.4, -0.2) is 47.4 Å². The Labute approximate surface area is 89.8 Å². The average Bonchev–Trinajstić information content (AvgIpc) is 2.08. The number of carboxylic acid groups (broad SMARTS) is 1. The highest BCUT2D eigenvalue weighted by atomic mass is 19.4. The van der Waals surface area contributed by atoms with Crippen LogP contribution in [0, 0.1) is 0 Å². The van der Waals surface area contributed by atoms with E-state index in [1.54, 1.807) is 0 Å². The van der Waals surface area contributed by atoms with Gasteiger partial charge in [0.05, 0.1) is 0 Å². The van der Waals surface area contributed by atoms with Gasteiger partial charge in [-0.1, -0.05) is 0 Å². The van der Waals surface area contributed by atoms with Crippen molar-refractivity contribution in [2.45, 2.75) is 26.1 Å². The van der Waals surface area contributed by atoms with Gasteiger partial charge in [0.15, 0.2) is 6.61 Å². The molecule has 94 valence electrons. The van der Waals surface area contributed by atoms with E-state index in [1.807, 2.05) is 0 Å². The topological polar surface area (TPSA) is 66.8 Å². The summed E-state index contributed by atoms with van der Waals surface area (Å²) in [4.78, 5) is 22.1. The van der Waals surface area contributed by atoms with Crippen molar-refractivity contribution in [2.24, 2.45) is 0 Å². The van der Waals surface area contributed by atoms with Gasteiger partial charge in [-0.05, 0) is 13.8 Å². The maximum Gasteiger partial charge on any atom is 0.422 e. The minimum Gasteiger partial charge on any atom is -0.480 e. The molecule has 5 nitrogen and oxygen atoms in total. The predicted octanol–water partition coefficient (Wildman–Crippen LogP) is 1.48. The van der Waals surface area contributed by atoms with E-state index in [1.165, 1.54) is 13.8 Å². The molecule has 0 radical (unpaired) electrons. The second kappa shape index (κ2) is 5.57. The molecule has 16 heavy (non-hydrogen) atoms. The SMILES string of the molecule is CC(C)N(CC(=O)O)C(=O)OCC(F)(F)F. The second-order valence-corrected chi connectivity index (χ2v) is 3.29. The molecule has 0 heterocycles. The van der Waals surface area contributed by atoms with Gasteiger partial charge in [0.2, 0.25) is 0 Å². The predicted molar refractivity (Wildman–Crippen MR) is 46.9 cm³/mol. The van der Waals surface area contributed by atoms with E-state index < -0.39 is 37.4 Å². The summed E-state index contributed by atoms with van der Waals surface area (Å²) < 4.78 is 39.1. The van der Waals surface area contributed by atoms with Crippen molar-refractivity contribution in [1.29, 1.82) is 0 Å². The minimum absolute atomic E-state index is 0.558. The van der Waals surface area contributed by atoms with E-state index in [2.05, 4.69) is 4.74 Å². The molecule has 0 aliphatic heterocycles. The number of carboxylic acids is 1. The molecule has 0 spiro atoms. The first kappa shape index (κ1) is 14.5. The highest BCUT2D eigenvalue weighted by Crippen LogP contribution is 2.15. The van der Waals surface area contributed by atoms with E-state index in [9.17, 15) is 22.8 Å². The Balaban J connectivity index is 4.34. The zero-order valence-electron chi connectivity index (χ0n) is 8.74. The van der Waals surface area contributed by atoms with E-state index in [0.717, 1.165) is 0 Å². The molecule has 0 fully saturated rings. The van der Waals surface area contributed by atoms with Crippen molar-refractivity contribution in [2.75, 3.05) is 13.2 Å². The highest BCUT2D eigenvalue weighted by molar-refractivity contribution is 5.76. The molecule has 0 aromatic carbocycles. The average molecular weight is 243 g/mol. The molecule has 1 amide bonds. The molecule has 0 atom stereocenters. The number of nitrogens with zero attached hydrogens (tertiary/aromatic N) is 1. The van der Waals surface area contributed by atoms with E-state index >= 15 is 0 Å². The number of aliphatic carboxylic acids is 1. The summed E-state index contributed by atoms with van der Waals surface area (Å²) in [6.45, 7) is 0.513. The van der Waals surface area contributed by atoms with Crippen LogP contribution in [0.15, 0.2) is 0 Å². The minimum atomic E-state index is -4.62. The van der Waals surface area contributed by atoms with Gasteiger partial charge < -0.3 is 9.84 Å². The van der Waals surface area contributed by atoms with Crippen LogP contribution >= 0.6 is 0 Å². The zero-order valence-corrected chi connectivity index (χ0v) is 8.74. The standard InChI is InChI=1S/C8H12F3NO4/c1-5(2)12(3-6(13)14)7(15)16-4-8(9,10)11/h5H,3-4H2,1-2H3,(H,13,14). The fourth-order valence-electron chi connectivity index (χ4n) is 0.830. The first-order valence-corrected chi connectivity index (χ1v) is 4.35. The molecule has 0 unspecified atom stereocenters. The third-order valence-corrected chi connectivity index (χ3v) is 1.52. The van der Waals surface area contributed by atoms with Crippen LogP contribution in [0.2, 0.25) is 0 Å². The number of carbonyl (C=O) groups is 2. The number of hydrogen-bond donors (Lipinski definition) is 1. The Morgan fingerprint density at radius 2 is 1.88 bits per heavy atom. The number of hydrogen-bond acceptors (Lipinski definition) is 3. The summed E-state index contributed by atoms with van der Waals surface area (Å²) in [6.07, 6.45) is -5.92. The molecule has 0 aliphatic rings. The summed E-state index contributed by atoms with van der Waals surface area (Å²) in [7, 11) is 0. The highest BCUT2D eigenvalue weighted by Gasteiger charge is 2.31. The lowest BCUT2D eigenvalue weighted by Crippen LogP contribution is -2.42. The van der Waals surface area contributed by atoms with Gasteiger partial charge in [-0.25, -0.2) is 4.79 Å². The van der Waals surface area contributed by atoms with Crippen molar-refractivity contribution < 1.29 is 32.6 Å². The molecule has 8 heteroatoms. The Kier molecular flexibility index (Phi) is 5.06. The lowest BCUT2D eigenvalue weighted by Gasteiger charge is -2.24. The van der Waals surface area contributed by atoms with Crippen molar-refractivity contribution >= 4 is 12.1 Å². The van der Waals surface area contributed by atoms with Crippen LogP contribution in [0.5, 0.6) is 0 Å². The van der Waals surface area contributed by atoms with Gasteiger partial charge in [0, 0.05) is 6.04 Å². The molecule has 0 rings (SSSR count). The molecular formula is C8H12F3NO4. The Hall–Kier alpha value is -1.47. The fraction of sp³-hybridized carbons (Fsp3) is 0.750. The van der Waals surface area contributed by atoms with Crippen LogP contribution < -0.4 is 0 Å². The molecule has 0 aromatic rings. The van der Waals surface area contributed by atoms with Crippen LogP contribution in [0.3, 0.4) is 0 Å². The van der Waals surface area contributed by atoms with Gasteiger partial charge in [0.1, 0.15) is 6.54 Å². The molecule has 0 saturated carbocycles. The summed E-state index contributed by atoms with van der Waals surface area (Å²) in [6, 6.07) is -0.558. The van der Waals surface area contributed by atoms with Crippen LogP contribution in [0.4, 0.5) is 18.0 Å². The van der Waals surface area contributed by atoms with Crippen molar-refractivity contribution in [3.05, 3.63) is 0 Å². The molecular weight excluding hydrogens is 231 g/mol. The Bertz CT molecular complexity index is 264.